The summed E-state index contributed by atoms with van der Waals surface area (Å²) in [4.78, 5) is 44.4. The molecule has 2 rings (SSSR count). The number of amides is 2. The molecule has 2 aromatic rings. The number of aliphatic hydroxyl groups excluding tert-OH is 1. The third-order valence-electron chi connectivity index (χ3n) is 4.26. The molecule has 238 valence electrons. The molecule has 0 aliphatic rings. The lowest BCUT2D eigenvalue weighted by molar-refractivity contribution is -0.142. The largest absolute Gasteiger partial charge is 0.480 e. The Balaban J connectivity index is -0.000000598. The smallest absolute Gasteiger partial charge is 0.408 e. The van der Waals surface area contributed by atoms with E-state index < -0.39 is 45.4 Å². The van der Waals surface area contributed by atoms with Crippen molar-refractivity contribution < 1.29 is 47.8 Å². The van der Waals surface area contributed by atoms with Gasteiger partial charge in [-0.15, -0.1) is 12.4 Å². The molecule has 42 heavy (non-hydrogen) atoms. The van der Waals surface area contributed by atoms with Crippen molar-refractivity contribution in [1.82, 2.24) is 10.6 Å². The number of rotatable bonds is 10. The molecule has 0 fully saturated rings. The van der Waals surface area contributed by atoms with Crippen molar-refractivity contribution in [1.29, 1.82) is 0 Å². The number of hydrogen-bond acceptors (Lipinski definition) is 11. The number of carboxylic acids is 1. The summed E-state index contributed by atoms with van der Waals surface area (Å²) in [6.45, 7) is -0.0163. The maximum absolute atomic E-state index is 11.4. The zero-order valence-electron chi connectivity index (χ0n) is 22.6. The number of halogens is 3. The van der Waals surface area contributed by atoms with E-state index in [4.69, 9.17) is 35.4 Å². The number of nitrogens with two attached hydrogens (primary N) is 2. The number of aliphatic hydroxyl groups is 1. The second kappa shape index (κ2) is 28.0. The van der Waals surface area contributed by atoms with Crippen molar-refractivity contribution in [2.24, 2.45) is 11.5 Å². The standard InChI is InChI=1S/C12H16N2O4.C11H14N2O4.CH4O.Cl2OS.ClH/c1-17-11(15)10(7-13)14-12(16)18-8-9-5-3-2-4-6-9;12-6-9(10(14)15)13-11(16)17-7-8-4-2-1-3-5-8;1-2;1-4(2)3;/h2-6,10H,7-8,13H2,1H3,(H,14,16);1-5,9H,6-7,12H2,(H,13,16)(H,14,15);2H,1H3;;1H/t10-;9-;;;/m11.../s1. The molecule has 0 aliphatic carbocycles. The number of alkyl carbamates (subject to hydrolysis) is 2. The van der Waals surface area contributed by atoms with E-state index in [1.807, 2.05) is 48.5 Å². The fraction of sp³-hybridized carbons (Fsp3) is 0.333. The summed E-state index contributed by atoms with van der Waals surface area (Å²) in [6, 6.07) is 16.3. The highest BCUT2D eigenvalue weighted by atomic mass is 36.0. The number of carbonyl (C=O) groups is 4. The Labute approximate surface area is 260 Å². The molecule has 0 radical (unpaired) electrons. The van der Waals surface area contributed by atoms with E-state index in [2.05, 4.69) is 36.7 Å². The summed E-state index contributed by atoms with van der Waals surface area (Å²) in [5.74, 6) is -1.79. The number of esters is 1. The molecule has 2 atom stereocenters. The molecular weight excluding hydrogens is 643 g/mol. The van der Waals surface area contributed by atoms with Gasteiger partial charge in [0, 0.05) is 41.6 Å². The molecule has 2 amide bonds. The van der Waals surface area contributed by atoms with Crippen LogP contribution in [0.1, 0.15) is 11.1 Å². The maximum atomic E-state index is 11.4. The molecule has 0 bridgehead atoms. The number of ether oxygens (including phenoxy) is 3. The van der Waals surface area contributed by atoms with Gasteiger partial charge in [-0.1, -0.05) is 60.7 Å². The highest BCUT2D eigenvalue weighted by molar-refractivity contribution is 8.26. The van der Waals surface area contributed by atoms with Crippen molar-refractivity contribution in [2.75, 3.05) is 27.3 Å². The summed E-state index contributed by atoms with van der Waals surface area (Å²) < 4.78 is 23.3. The molecule has 0 aliphatic heterocycles. The molecule has 0 saturated heterocycles. The Kier molecular flexibility index (Phi) is 28.8. The van der Waals surface area contributed by atoms with E-state index in [0.29, 0.717) is 0 Å². The fourth-order valence-corrected chi connectivity index (χ4v) is 2.39. The number of carboxylic acid groups (broad SMARTS) is 1. The average molecular weight is 678 g/mol. The van der Waals surface area contributed by atoms with E-state index in [1.54, 1.807) is 12.1 Å². The molecule has 14 nitrogen and oxygen atoms in total. The van der Waals surface area contributed by atoms with Crippen LogP contribution in [-0.2, 0) is 46.2 Å². The van der Waals surface area contributed by atoms with Crippen LogP contribution in [0.4, 0.5) is 9.59 Å². The van der Waals surface area contributed by atoms with Gasteiger partial charge in [0.1, 0.15) is 25.3 Å². The number of nitrogens with one attached hydrogen (secondary N) is 2. The predicted molar refractivity (Wildman–Crippen MR) is 160 cm³/mol. The van der Waals surface area contributed by atoms with Crippen LogP contribution in [0.15, 0.2) is 60.7 Å². The molecule has 8 N–H and O–H groups in total. The SMILES string of the molecule is CO.COC(=O)[C@@H](CN)NC(=O)OCc1ccccc1.Cl.NC[C@@H](NC(=O)OCc1ccccc1)C(=O)O.O=S(Cl)Cl. The lowest BCUT2D eigenvalue weighted by atomic mass is 10.2. The molecule has 0 saturated carbocycles. The Morgan fingerprint density at radius 1 is 0.810 bits per heavy atom. The topological polar surface area (TPSA) is 230 Å². The highest BCUT2D eigenvalue weighted by Gasteiger charge is 2.20. The van der Waals surface area contributed by atoms with Crippen molar-refractivity contribution in [2.45, 2.75) is 25.3 Å². The molecule has 18 heteroatoms. The molecule has 0 heterocycles. The normalized spacial score (nSPS) is 10.6. The van der Waals surface area contributed by atoms with Crippen LogP contribution in [0.2, 0.25) is 0 Å². The minimum absolute atomic E-state index is 0. The second-order valence-electron chi connectivity index (χ2n) is 7.03. The number of hydrogen-bond donors (Lipinski definition) is 6. The summed E-state index contributed by atoms with van der Waals surface area (Å²) in [5.41, 5.74) is 12.2. The Morgan fingerprint density at radius 2 is 1.14 bits per heavy atom. The summed E-state index contributed by atoms with van der Waals surface area (Å²) in [7, 11) is 9.58. The number of benzene rings is 2. The van der Waals surface area contributed by atoms with Gasteiger partial charge in [0.2, 0.25) is 9.23 Å². The van der Waals surface area contributed by atoms with Gasteiger partial charge in [0.15, 0.2) is 0 Å². The summed E-state index contributed by atoms with van der Waals surface area (Å²) in [6.07, 6.45) is -1.51. The van der Waals surface area contributed by atoms with E-state index in [-0.39, 0.29) is 38.7 Å². The minimum atomic E-state index is -1.67. The second-order valence-corrected chi connectivity index (χ2v) is 9.56. The predicted octanol–water partition coefficient (Wildman–Crippen LogP) is 1.81. The van der Waals surface area contributed by atoms with Gasteiger partial charge < -0.3 is 46.5 Å². The van der Waals surface area contributed by atoms with Gasteiger partial charge in [-0.05, 0) is 11.1 Å². The van der Waals surface area contributed by atoms with Crippen LogP contribution in [-0.4, -0.2) is 77.9 Å². The lowest BCUT2D eigenvalue weighted by Crippen LogP contribution is -2.46. The number of aliphatic carboxylic acids is 1. The van der Waals surface area contributed by atoms with Gasteiger partial charge in [0.25, 0.3) is 0 Å². The first-order valence-electron chi connectivity index (χ1n) is 11.4. The van der Waals surface area contributed by atoms with Crippen molar-refractivity contribution in [3.63, 3.8) is 0 Å². The molecule has 2 aromatic carbocycles. The van der Waals surface area contributed by atoms with E-state index in [9.17, 15) is 19.2 Å². The third-order valence-corrected chi connectivity index (χ3v) is 4.26. The highest BCUT2D eigenvalue weighted by Crippen LogP contribution is 2.02. The summed E-state index contributed by atoms with van der Waals surface area (Å²) in [5, 5.41) is 20.1. The van der Waals surface area contributed by atoms with Crippen LogP contribution in [0, 0.1) is 0 Å². The first-order valence-corrected chi connectivity index (χ1v) is 14.2. The van der Waals surface area contributed by atoms with E-state index in [1.165, 1.54) is 7.11 Å². The zero-order valence-corrected chi connectivity index (χ0v) is 25.8. The van der Waals surface area contributed by atoms with Crippen molar-refractivity contribution in [3.8, 4) is 0 Å². The Hall–Kier alpha value is -3.18. The monoisotopic (exact) mass is 676 g/mol. The van der Waals surface area contributed by atoms with Crippen LogP contribution < -0.4 is 22.1 Å². The first kappa shape index (κ1) is 43.3. The fourth-order valence-electron chi connectivity index (χ4n) is 2.39. The van der Waals surface area contributed by atoms with Crippen LogP contribution >= 0.6 is 33.8 Å². The quantitative estimate of drug-likeness (QED) is 0.120. The van der Waals surface area contributed by atoms with Crippen molar-refractivity contribution in [3.05, 3.63) is 71.8 Å². The van der Waals surface area contributed by atoms with Crippen LogP contribution in [0.25, 0.3) is 0 Å². The molecular formula is C24H35Cl3N4O10S. The van der Waals surface area contributed by atoms with Crippen LogP contribution in [0.3, 0.4) is 0 Å². The van der Waals surface area contributed by atoms with Crippen LogP contribution in [0.5, 0.6) is 0 Å². The summed E-state index contributed by atoms with van der Waals surface area (Å²) >= 11 is 0. The Bertz CT molecular complexity index is 1040. The zero-order chi connectivity index (χ0) is 31.6. The minimum Gasteiger partial charge on any atom is -0.480 e. The maximum Gasteiger partial charge on any atom is 0.408 e. The first-order chi connectivity index (χ1) is 19.5. The van der Waals surface area contributed by atoms with Crippen molar-refractivity contribution >= 4 is 67.1 Å². The van der Waals surface area contributed by atoms with Gasteiger partial charge in [-0.2, -0.15) is 0 Å². The number of methoxy groups -OCH3 is 1. The van der Waals surface area contributed by atoms with Gasteiger partial charge in [-0.25, -0.2) is 23.4 Å². The van der Waals surface area contributed by atoms with Gasteiger partial charge in [-0.3, -0.25) is 0 Å². The average Bonchev–Trinajstić information content (AvgIpc) is 2.98. The third kappa shape index (κ3) is 23.5. The van der Waals surface area contributed by atoms with Gasteiger partial charge in [0.05, 0.1) is 7.11 Å². The van der Waals surface area contributed by atoms with Gasteiger partial charge >= 0.3 is 24.1 Å². The molecule has 0 unspecified atom stereocenters. The van der Waals surface area contributed by atoms with E-state index >= 15 is 0 Å². The lowest BCUT2D eigenvalue weighted by Gasteiger charge is -2.14. The molecule has 0 aromatic heterocycles. The number of carbonyl (C=O) groups excluding carboxylic acids is 3. The Morgan fingerprint density at radius 3 is 1.43 bits per heavy atom. The van der Waals surface area contributed by atoms with E-state index in [0.717, 1.165) is 18.2 Å². The molecule has 0 spiro atoms.